The number of cyclic esters (lactones) is 1. The van der Waals surface area contributed by atoms with Gasteiger partial charge in [-0.05, 0) is 0 Å². The summed E-state index contributed by atoms with van der Waals surface area (Å²) in [5.74, 6) is -2.74. The SMILES string of the molecule is O=CNC[C@H](O)[C@H]1OC(=O)C(O)=C1O. The lowest BCUT2D eigenvalue weighted by molar-refractivity contribution is -0.146. The number of carbonyl (C=O) groups is 2. The van der Waals surface area contributed by atoms with Crippen LogP contribution in [-0.2, 0) is 14.3 Å². The zero-order valence-corrected chi connectivity index (χ0v) is 7.01. The summed E-state index contributed by atoms with van der Waals surface area (Å²) >= 11 is 0. The normalized spacial score (nSPS) is 23.2. The standard InChI is InChI=1S/C7H9NO6/c9-2-8-1-3(10)6-4(11)5(12)7(13)14-6/h2-3,6,10-12H,1H2,(H,8,9)/t3-,6+/m0/s1. The Balaban J connectivity index is 2.63. The summed E-state index contributed by atoms with van der Waals surface area (Å²) in [6, 6.07) is 0. The maximum atomic E-state index is 10.7. The van der Waals surface area contributed by atoms with E-state index in [1.165, 1.54) is 0 Å². The van der Waals surface area contributed by atoms with E-state index in [-0.39, 0.29) is 6.54 Å². The average molecular weight is 203 g/mol. The van der Waals surface area contributed by atoms with Crippen LogP contribution in [0.2, 0.25) is 0 Å². The Hall–Kier alpha value is -1.76. The average Bonchev–Trinajstić information content (AvgIpc) is 2.42. The first kappa shape index (κ1) is 10.3. The van der Waals surface area contributed by atoms with Crippen LogP contribution in [0.3, 0.4) is 0 Å². The van der Waals surface area contributed by atoms with Gasteiger partial charge in [0.2, 0.25) is 12.2 Å². The van der Waals surface area contributed by atoms with Gasteiger partial charge < -0.3 is 25.4 Å². The van der Waals surface area contributed by atoms with Gasteiger partial charge in [-0.25, -0.2) is 4.79 Å². The topological polar surface area (TPSA) is 116 Å². The first-order chi connectivity index (χ1) is 6.57. The highest BCUT2D eigenvalue weighted by atomic mass is 16.6. The number of carbonyl (C=O) groups excluding carboxylic acids is 2. The number of aliphatic hydroxyl groups is 3. The van der Waals surface area contributed by atoms with Crippen molar-refractivity contribution in [1.82, 2.24) is 5.32 Å². The lowest BCUT2D eigenvalue weighted by Crippen LogP contribution is -2.37. The highest BCUT2D eigenvalue weighted by Crippen LogP contribution is 2.20. The molecule has 1 amide bonds. The zero-order chi connectivity index (χ0) is 10.7. The van der Waals surface area contributed by atoms with E-state index in [4.69, 9.17) is 10.2 Å². The number of rotatable bonds is 4. The number of amides is 1. The monoisotopic (exact) mass is 203 g/mol. The van der Waals surface area contributed by atoms with E-state index < -0.39 is 29.7 Å². The van der Waals surface area contributed by atoms with Crippen LogP contribution in [0.4, 0.5) is 0 Å². The van der Waals surface area contributed by atoms with Crippen LogP contribution >= 0.6 is 0 Å². The van der Waals surface area contributed by atoms with Crippen LogP contribution in [0.15, 0.2) is 11.5 Å². The third-order valence-electron chi connectivity index (χ3n) is 1.70. The minimum absolute atomic E-state index is 0.196. The van der Waals surface area contributed by atoms with Crippen molar-refractivity contribution >= 4 is 12.4 Å². The molecule has 7 heteroatoms. The van der Waals surface area contributed by atoms with Crippen LogP contribution in [0.1, 0.15) is 0 Å². The van der Waals surface area contributed by atoms with E-state index >= 15 is 0 Å². The van der Waals surface area contributed by atoms with Gasteiger partial charge in [0.25, 0.3) is 0 Å². The minimum Gasteiger partial charge on any atom is -0.505 e. The molecule has 0 aromatic rings. The minimum atomic E-state index is -1.32. The maximum Gasteiger partial charge on any atom is 0.377 e. The Morgan fingerprint density at radius 2 is 2.21 bits per heavy atom. The first-order valence-electron chi connectivity index (χ1n) is 3.76. The summed E-state index contributed by atoms with van der Waals surface area (Å²) in [5.41, 5.74) is 0. The molecule has 0 aromatic heterocycles. The summed E-state index contributed by atoms with van der Waals surface area (Å²) < 4.78 is 4.43. The Labute approximate surface area is 78.6 Å². The van der Waals surface area contributed by atoms with Crippen molar-refractivity contribution in [2.75, 3.05) is 6.54 Å². The zero-order valence-electron chi connectivity index (χ0n) is 7.01. The van der Waals surface area contributed by atoms with Gasteiger partial charge in [-0.1, -0.05) is 0 Å². The second-order valence-electron chi connectivity index (χ2n) is 2.65. The third kappa shape index (κ3) is 1.77. The molecule has 1 aliphatic heterocycles. The summed E-state index contributed by atoms with van der Waals surface area (Å²) in [6.07, 6.45) is -2.27. The molecule has 78 valence electrons. The van der Waals surface area contributed by atoms with Crippen LogP contribution < -0.4 is 5.32 Å². The fourth-order valence-electron chi connectivity index (χ4n) is 1.00. The number of hydrogen-bond acceptors (Lipinski definition) is 6. The molecule has 0 aromatic carbocycles. The molecule has 0 radical (unpaired) electrons. The number of hydrogen-bond donors (Lipinski definition) is 4. The van der Waals surface area contributed by atoms with E-state index in [1.54, 1.807) is 0 Å². The Morgan fingerprint density at radius 1 is 1.57 bits per heavy atom. The van der Waals surface area contributed by atoms with Crippen molar-refractivity contribution in [2.45, 2.75) is 12.2 Å². The van der Waals surface area contributed by atoms with Gasteiger partial charge in [-0.2, -0.15) is 0 Å². The highest BCUT2D eigenvalue weighted by molar-refractivity contribution is 5.89. The molecule has 1 aliphatic rings. The van der Waals surface area contributed by atoms with Crippen LogP contribution in [0.5, 0.6) is 0 Å². The second-order valence-corrected chi connectivity index (χ2v) is 2.65. The van der Waals surface area contributed by atoms with E-state index in [2.05, 4.69) is 10.1 Å². The van der Waals surface area contributed by atoms with Crippen molar-refractivity contribution in [2.24, 2.45) is 0 Å². The van der Waals surface area contributed by atoms with E-state index in [0.29, 0.717) is 6.41 Å². The molecule has 0 saturated carbocycles. The molecule has 1 heterocycles. The first-order valence-corrected chi connectivity index (χ1v) is 3.76. The van der Waals surface area contributed by atoms with Crippen molar-refractivity contribution in [1.29, 1.82) is 0 Å². The summed E-state index contributed by atoms with van der Waals surface area (Å²) in [7, 11) is 0. The molecular formula is C7H9NO6. The molecule has 0 bridgehead atoms. The molecular weight excluding hydrogens is 194 g/mol. The predicted octanol–water partition coefficient (Wildman–Crippen LogP) is -1.65. The smallest absolute Gasteiger partial charge is 0.377 e. The second kappa shape index (κ2) is 3.97. The van der Waals surface area contributed by atoms with Gasteiger partial charge in [0, 0.05) is 6.54 Å². The van der Waals surface area contributed by atoms with Gasteiger partial charge >= 0.3 is 5.97 Å². The van der Waals surface area contributed by atoms with Gasteiger partial charge in [0.05, 0.1) is 0 Å². The largest absolute Gasteiger partial charge is 0.505 e. The predicted molar refractivity (Wildman–Crippen MR) is 42.2 cm³/mol. The molecule has 0 saturated heterocycles. The Morgan fingerprint density at radius 3 is 2.64 bits per heavy atom. The van der Waals surface area contributed by atoms with Crippen molar-refractivity contribution < 1.29 is 29.6 Å². The van der Waals surface area contributed by atoms with Crippen molar-refractivity contribution in [3.63, 3.8) is 0 Å². The van der Waals surface area contributed by atoms with Gasteiger partial charge in [-0.3, -0.25) is 4.79 Å². The summed E-state index contributed by atoms with van der Waals surface area (Å²) in [4.78, 5) is 20.6. The van der Waals surface area contributed by atoms with Crippen LogP contribution in [0, 0.1) is 0 Å². The third-order valence-corrected chi connectivity index (χ3v) is 1.70. The number of esters is 1. The lowest BCUT2D eigenvalue weighted by atomic mass is 10.2. The molecule has 0 fully saturated rings. The quantitative estimate of drug-likeness (QED) is 0.321. The van der Waals surface area contributed by atoms with E-state index in [0.717, 1.165) is 0 Å². The number of ether oxygens (including phenoxy) is 1. The van der Waals surface area contributed by atoms with Crippen molar-refractivity contribution in [3.05, 3.63) is 11.5 Å². The molecule has 0 spiro atoms. The van der Waals surface area contributed by atoms with Crippen molar-refractivity contribution in [3.8, 4) is 0 Å². The summed E-state index contributed by atoms with van der Waals surface area (Å²) in [6.45, 7) is -0.196. The van der Waals surface area contributed by atoms with E-state index in [1.807, 2.05) is 0 Å². The number of aliphatic hydroxyl groups excluding tert-OH is 3. The molecule has 1 rings (SSSR count). The fraction of sp³-hybridized carbons (Fsp3) is 0.429. The van der Waals surface area contributed by atoms with Gasteiger partial charge in [0.1, 0.15) is 6.10 Å². The summed E-state index contributed by atoms with van der Waals surface area (Å²) in [5, 5.41) is 29.4. The Kier molecular flexibility index (Phi) is 2.92. The molecule has 7 nitrogen and oxygen atoms in total. The molecule has 4 N–H and O–H groups in total. The maximum absolute atomic E-state index is 10.7. The van der Waals surface area contributed by atoms with Gasteiger partial charge in [0.15, 0.2) is 11.9 Å². The van der Waals surface area contributed by atoms with Gasteiger partial charge in [-0.15, -0.1) is 0 Å². The molecule has 2 atom stereocenters. The molecule has 0 unspecified atom stereocenters. The molecule has 0 aliphatic carbocycles. The van der Waals surface area contributed by atoms with E-state index in [9.17, 15) is 14.7 Å². The fourth-order valence-corrected chi connectivity index (χ4v) is 1.00. The lowest BCUT2D eigenvalue weighted by Gasteiger charge is -2.16. The Bertz CT molecular complexity index is 286. The van der Waals surface area contributed by atoms with Crippen LogP contribution in [0.25, 0.3) is 0 Å². The number of nitrogens with one attached hydrogen (secondary N) is 1. The van der Waals surface area contributed by atoms with Crippen LogP contribution in [-0.4, -0.2) is 46.5 Å². The molecule has 14 heavy (non-hydrogen) atoms. The highest BCUT2D eigenvalue weighted by Gasteiger charge is 2.38.